The van der Waals surface area contributed by atoms with E-state index >= 15 is 0 Å². The van der Waals surface area contributed by atoms with E-state index in [2.05, 4.69) is 15.4 Å². The van der Waals surface area contributed by atoms with Gasteiger partial charge in [-0.1, -0.05) is 6.07 Å². The van der Waals surface area contributed by atoms with Crippen molar-refractivity contribution in [1.82, 2.24) is 14.8 Å². The predicted octanol–water partition coefficient (Wildman–Crippen LogP) is 4.08. The largest absolute Gasteiger partial charge is 0.491 e. The average Bonchev–Trinajstić information content (AvgIpc) is 2.98. The standard InChI is InChI=1S/C17H16F2N4O/c1-11(2)24-14-5-3-4-12(8-14)21-17-20-10-23(22-17)13-6-7-15(18)16(19)9-13/h3-11H,1-2H3,(H,21,22). The van der Waals surface area contributed by atoms with E-state index < -0.39 is 11.6 Å². The van der Waals surface area contributed by atoms with E-state index in [0.29, 0.717) is 11.6 Å². The molecule has 0 unspecified atom stereocenters. The molecule has 0 aliphatic rings. The number of rotatable bonds is 5. The zero-order valence-electron chi connectivity index (χ0n) is 13.2. The number of halogens is 2. The second-order valence-electron chi connectivity index (χ2n) is 5.43. The molecular weight excluding hydrogens is 314 g/mol. The molecule has 7 heteroatoms. The van der Waals surface area contributed by atoms with Crippen molar-refractivity contribution in [3.8, 4) is 11.4 Å². The van der Waals surface area contributed by atoms with E-state index in [1.807, 2.05) is 38.1 Å². The summed E-state index contributed by atoms with van der Waals surface area (Å²) in [6.45, 7) is 3.90. The van der Waals surface area contributed by atoms with Crippen LogP contribution in [0.5, 0.6) is 5.75 Å². The zero-order chi connectivity index (χ0) is 17.1. The van der Waals surface area contributed by atoms with Crippen LogP contribution in [0.2, 0.25) is 0 Å². The van der Waals surface area contributed by atoms with Crippen molar-refractivity contribution in [1.29, 1.82) is 0 Å². The summed E-state index contributed by atoms with van der Waals surface area (Å²) in [6.07, 6.45) is 1.50. The minimum atomic E-state index is -0.934. The van der Waals surface area contributed by atoms with Crippen LogP contribution in [0.4, 0.5) is 20.4 Å². The first-order valence-corrected chi connectivity index (χ1v) is 7.42. The molecule has 0 aliphatic carbocycles. The summed E-state index contributed by atoms with van der Waals surface area (Å²) >= 11 is 0. The van der Waals surface area contributed by atoms with Crippen LogP contribution in [0.15, 0.2) is 48.8 Å². The monoisotopic (exact) mass is 330 g/mol. The highest BCUT2D eigenvalue weighted by molar-refractivity contribution is 5.55. The summed E-state index contributed by atoms with van der Waals surface area (Å²) in [7, 11) is 0. The molecular formula is C17H16F2N4O. The van der Waals surface area contributed by atoms with E-state index in [1.165, 1.54) is 17.1 Å². The Balaban J connectivity index is 1.77. The maximum absolute atomic E-state index is 13.3. The smallest absolute Gasteiger partial charge is 0.246 e. The predicted molar refractivity (Wildman–Crippen MR) is 86.8 cm³/mol. The third-order valence-corrected chi connectivity index (χ3v) is 3.12. The van der Waals surface area contributed by atoms with E-state index in [4.69, 9.17) is 4.74 Å². The van der Waals surface area contributed by atoms with Crippen LogP contribution in [0.25, 0.3) is 5.69 Å². The van der Waals surface area contributed by atoms with E-state index in [9.17, 15) is 8.78 Å². The molecule has 0 fully saturated rings. The zero-order valence-corrected chi connectivity index (χ0v) is 13.2. The van der Waals surface area contributed by atoms with Gasteiger partial charge in [0.2, 0.25) is 5.95 Å². The van der Waals surface area contributed by atoms with Crippen LogP contribution in [0.1, 0.15) is 13.8 Å². The molecule has 2 aromatic carbocycles. The first-order valence-electron chi connectivity index (χ1n) is 7.42. The lowest BCUT2D eigenvalue weighted by molar-refractivity contribution is 0.242. The van der Waals surface area contributed by atoms with Crippen LogP contribution < -0.4 is 10.1 Å². The molecule has 0 aliphatic heterocycles. The van der Waals surface area contributed by atoms with Gasteiger partial charge >= 0.3 is 0 Å². The van der Waals surface area contributed by atoms with Crippen molar-refractivity contribution < 1.29 is 13.5 Å². The second-order valence-corrected chi connectivity index (χ2v) is 5.43. The lowest BCUT2D eigenvalue weighted by Gasteiger charge is -2.10. The molecule has 5 nitrogen and oxygen atoms in total. The number of hydrogen-bond acceptors (Lipinski definition) is 4. The highest BCUT2D eigenvalue weighted by Gasteiger charge is 2.07. The van der Waals surface area contributed by atoms with Crippen LogP contribution in [-0.2, 0) is 0 Å². The normalized spacial score (nSPS) is 10.9. The van der Waals surface area contributed by atoms with Crippen molar-refractivity contribution in [2.24, 2.45) is 0 Å². The third kappa shape index (κ3) is 3.68. The Morgan fingerprint density at radius 2 is 1.92 bits per heavy atom. The molecule has 3 rings (SSSR count). The number of nitrogens with zero attached hydrogens (tertiary/aromatic N) is 3. The van der Waals surface area contributed by atoms with Crippen LogP contribution in [0.3, 0.4) is 0 Å². The first-order chi connectivity index (χ1) is 11.5. The number of hydrogen-bond donors (Lipinski definition) is 1. The maximum Gasteiger partial charge on any atom is 0.246 e. The molecule has 124 valence electrons. The topological polar surface area (TPSA) is 52.0 Å². The van der Waals surface area contributed by atoms with Crippen molar-refractivity contribution >= 4 is 11.6 Å². The lowest BCUT2D eigenvalue weighted by atomic mass is 10.3. The molecule has 24 heavy (non-hydrogen) atoms. The summed E-state index contributed by atoms with van der Waals surface area (Å²) in [5, 5.41) is 7.24. The molecule has 0 spiro atoms. The van der Waals surface area contributed by atoms with Gasteiger partial charge in [0.1, 0.15) is 12.1 Å². The second kappa shape index (κ2) is 6.66. The van der Waals surface area contributed by atoms with E-state index in [0.717, 1.165) is 23.6 Å². The molecule has 0 radical (unpaired) electrons. The molecule has 0 amide bonds. The molecule has 1 N–H and O–H groups in total. The van der Waals surface area contributed by atoms with Crippen molar-refractivity contribution in [3.05, 3.63) is 60.4 Å². The maximum atomic E-state index is 13.3. The Labute approximate surface area is 137 Å². The molecule has 3 aromatic rings. The molecule has 1 aromatic heterocycles. The van der Waals surface area contributed by atoms with Gasteiger partial charge in [-0.05, 0) is 38.1 Å². The summed E-state index contributed by atoms with van der Waals surface area (Å²) in [6, 6.07) is 10.9. The van der Waals surface area contributed by atoms with Gasteiger partial charge in [0.15, 0.2) is 11.6 Å². The fourth-order valence-electron chi connectivity index (χ4n) is 2.12. The molecule has 0 bridgehead atoms. The number of aromatic nitrogens is 3. The van der Waals surface area contributed by atoms with Gasteiger partial charge in [-0.25, -0.2) is 13.5 Å². The van der Waals surface area contributed by atoms with E-state index in [-0.39, 0.29) is 6.10 Å². The summed E-state index contributed by atoms with van der Waals surface area (Å²) in [5.41, 5.74) is 1.14. The molecule has 0 saturated carbocycles. The van der Waals surface area contributed by atoms with Crippen LogP contribution in [-0.4, -0.2) is 20.9 Å². The summed E-state index contributed by atoms with van der Waals surface area (Å²) in [5.74, 6) is -0.772. The number of benzene rings is 2. The van der Waals surface area contributed by atoms with Crippen molar-refractivity contribution in [2.75, 3.05) is 5.32 Å². The van der Waals surface area contributed by atoms with Crippen molar-refractivity contribution in [3.63, 3.8) is 0 Å². The highest BCUT2D eigenvalue weighted by atomic mass is 19.2. The Hall–Kier alpha value is -2.96. The molecule has 0 atom stereocenters. The van der Waals surface area contributed by atoms with Gasteiger partial charge < -0.3 is 10.1 Å². The lowest BCUT2D eigenvalue weighted by Crippen LogP contribution is -2.05. The average molecular weight is 330 g/mol. The van der Waals surface area contributed by atoms with Crippen LogP contribution in [0, 0.1) is 11.6 Å². The third-order valence-electron chi connectivity index (χ3n) is 3.12. The minimum absolute atomic E-state index is 0.0750. The SMILES string of the molecule is CC(C)Oc1cccc(Nc2ncn(-c3ccc(F)c(F)c3)n2)c1. The Kier molecular flexibility index (Phi) is 4.41. The highest BCUT2D eigenvalue weighted by Crippen LogP contribution is 2.21. The Bertz CT molecular complexity index is 848. The number of ether oxygens (including phenoxy) is 1. The van der Waals surface area contributed by atoms with Gasteiger partial charge in [0.05, 0.1) is 11.8 Å². The molecule has 1 heterocycles. The number of nitrogens with one attached hydrogen (secondary N) is 1. The Morgan fingerprint density at radius 3 is 2.67 bits per heavy atom. The molecule has 0 saturated heterocycles. The van der Waals surface area contributed by atoms with Gasteiger partial charge in [0.25, 0.3) is 0 Å². The quantitative estimate of drug-likeness (QED) is 0.766. The fourth-order valence-corrected chi connectivity index (χ4v) is 2.12. The van der Waals surface area contributed by atoms with Gasteiger partial charge in [-0.2, -0.15) is 4.98 Å². The van der Waals surface area contributed by atoms with Crippen molar-refractivity contribution in [2.45, 2.75) is 20.0 Å². The number of anilines is 2. The summed E-state index contributed by atoms with van der Waals surface area (Å²) in [4.78, 5) is 4.11. The van der Waals surface area contributed by atoms with E-state index in [1.54, 1.807) is 0 Å². The summed E-state index contributed by atoms with van der Waals surface area (Å²) < 4.78 is 33.3. The van der Waals surface area contributed by atoms with Gasteiger partial charge in [-0.3, -0.25) is 0 Å². The van der Waals surface area contributed by atoms with Gasteiger partial charge in [0, 0.05) is 17.8 Å². The van der Waals surface area contributed by atoms with Gasteiger partial charge in [-0.15, -0.1) is 5.10 Å². The fraction of sp³-hybridized carbons (Fsp3) is 0.176. The first kappa shape index (κ1) is 15.9. The minimum Gasteiger partial charge on any atom is -0.491 e. The van der Waals surface area contributed by atoms with Crippen LogP contribution >= 0.6 is 0 Å². The Morgan fingerprint density at radius 1 is 1.08 bits per heavy atom.